The van der Waals surface area contributed by atoms with Crippen LogP contribution in [0.4, 0.5) is 0 Å². The predicted molar refractivity (Wildman–Crippen MR) is 93.5 cm³/mol. The zero-order valence-corrected chi connectivity index (χ0v) is 14.6. The molecule has 0 fully saturated rings. The first-order chi connectivity index (χ1) is 11.5. The molecule has 1 aromatic carbocycles. The molecule has 0 saturated carbocycles. The fourth-order valence-corrected chi connectivity index (χ4v) is 3.58. The standard InChI is InChI=1S/C17H19N3O3S/c1-4-11-5-13-12(6-16(22)23-15(13)7-14(11)21)8-24-17-19-18-9-20(17)10(2)3/h5-7,9-10,21H,4,8H2,1-3H3. The Morgan fingerprint density at radius 2 is 2.08 bits per heavy atom. The number of aromatic nitrogens is 3. The normalized spacial score (nSPS) is 11.5. The molecule has 126 valence electrons. The van der Waals surface area contributed by atoms with Gasteiger partial charge in [-0.15, -0.1) is 10.2 Å². The lowest BCUT2D eigenvalue weighted by Crippen LogP contribution is -2.03. The number of hydrogen-bond donors (Lipinski definition) is 1. The number of nitrogens with zero attached hydrogens (tertiary/aromatic N) is 3. The minimum atomic E-state index is -0.424. The van der Waals surface area contributed by atoms with Crippen molar-refractivity contribution in [2.75, 3.05) is 0 Å². The Hall–Kier alpha value is -2.28. The number of fused-ring (bicyclic) bond motifs is 1. The van der Waals surface area contributed by atoms with Gasteiger partial charge >= 0.3 is 5.63 Å². The van der Waals surface area contributed by atoms with Crippen LogP contribution < -0.4 is 5.63 Å². The topological polar surface area (TPSA) is 81.2 Å². The highest BCUT2D eigenvalue weighted by Gasteiger charge is 2.13. The molecule has 2 heterocycles. The van der Waals surface area contributed by atoms with Crippen LogP contribution >= 0.6 is 11.8 Å². The van der Waals surface area contributed by atoms with Crippen LogP contribution in [0.2, 0.25) is 0 Å². The van der Waals surface area contributed by atoms with Gasteiger partial charge in [0.05, 0.1) is 0 Å². The summed E-state index contributed by atoms with van der Waals surface area (Å²) in [6.07, 6.45) is 2.41. The van der Waals surface area contributed by atoms with Gasteiger partial charge in [-0.25, -0.2) is 4.79 Å². The molecule has 7 heteroatoms. The van der Waals surface area contributed by atoms with Gasteiger partial charge in [0, 0.05) is 29.3 Å². The van der Waals surface area contributed by atoms with Crippen LogP contribution in [-0.2, 0) is 12.2 Å². The van der Waals surface area contributed by atoms with E-state index in [1.807, 2.05) is 17.6 Å². The first-order valence-electron chi connectivity index (χ1n) is 7.80. The maximum absolute atomic E-state index is 11.8. The molecule has 0 saturated heterocycles. The minimum absolute atomic E-state index is 0.150. The van der Waals surface area contributed by atoms with Crippen molar-refractivity contribution in [2.45, 2.75) is 44.1 Å². The van der Waals surface area contributed by atoms with E-state index in [1.54, 1.807) is 6.33 Å². The average molecular weight is 345 g/mol. The molecule has 0 amide bonds. The highest BCUT2D eigenvalue weighted by molar-refractivity contribution is 7.98. The molecular weight excluding hydrogens is 326 g/mol. The van der Waals surface area contributed by atoms with Gasteiger partial charge in [-0.2, -0.15) is 0 Å². The molecule has 6 nitrogen and oxygen atoms in total. The van der Waals surface area contributed by atoms with Gasteiger partial charge < -0.3 is 14.1 Å². The van der Waals surface area contributed by atoms with Crippen molar-refractivity contribution in [3.63, 3.8) is 0 Å². The molecule has 0 spiro atoms. The number of phenolic OH excluding ortho intramolecular Hbond substituents is 1. The van der Waals surface area contributed by atoms with Crippen molar-refractivity contribution in [2.24, 2.45) is 0 Å². The van der Waals surface area contributed by atoms with Gasteiger partial charge in [0.15, 0.2) is 5.16 Å². The largest absolute Gasteiger partial charge is 0.508 e. The van der Waals surface area contributed by atoms with Gasteiger partial charge in [-0.05, 0) is 37.5 Å². The number of benzene rings is 1. The van der Waals surface area contributed by atoms with Crippen LogP contribution in [0.3, 0.4) is 0 Å². The molecule has 0 aliphatic rings. The second kappa shape index (κ2) is 6.68. The lowest BCUT2D eigenvalue weighted by molar-refractivity contribution is 0.466. The Kier molecular flexibility index (Phi) is 4.62. The molecule has 24 heavy (non-hydrogen) atoms. The van der Waals surface area contributed by atoms with Gasteiger partial charge in [-0.1, -0.05) is 18.7 Å². The number of aromatic hydroxyl groups is 1. The Labute approximate surface area is 143 Å². The summed E-state index contributed by atoms with van der Waals surface area (Å²) in [5.74, 6) is 0.721. The maximum Gasteiger partial charge on any atom is 0.336 e. The minimum Gasteiger partial charge on any atom is -0.508 e. The molecule has 0 aliphatic carbocycles. The highest BCUT2D eigenvalue weighted by Crippen LogP contribution is 2.30. The average Bonchev–Trinajstić information content (AvgIpc) is 3.00. The lowest BCUT2D eigenvalue weighted by atomic mass is 10.1. The number of aryl methyl sites for hydroxylation is 1. The second-order valence-corrected chi connectivity index (χ2v) is 6.77. The van der Waals surface area contributed by atoms with Crippen molar-refractivity contribution in [1.29, 1.82) is 0 Å². The van der Waals surface area contributed by atoms with Crippen molar-refractivity contribution in [1.82, 2.24) is 14.8 Å². The zero-order valence-electron chi connectivity index (χ0n) is 13.8. The van der Waals surface area contributed by atoms with Crippen LogP contribution in [-0.4, -0.2) is 19.9 Å². The molecule has 0 atom stereocenters. The zero-order chi connectivity index (χ0) is 17.3. The van der Waals surface area contributed by atoms with Crippen molar-refractivity contribution >= 4 is 22.7 Å². The monoisotopic (exact) mass is 345 g/mol. The summed E-state index contributed by atoms with van der Waals surface area (Å²) in [6, 6.07) is 5.17. The molecular formula is C17H19N3O3S. The molecule has 0 aliphatic heterocycles. The number of hydrogen-bond acceptors (Lipinski definition) is 6. The summed E-state index contributed by atoms with van der Waals surface area (Å²) in [6.45, 7) is 6.10. The molecule has 0 unspecified atom stereocenters. The first kappa shape index (κ1) is 16.6. The van der Waals surface area contributed by atoms with Crippen LogP contribution in [0.5, 0.6) is 5.75 Å². The van der Waals surface area contributed by atoms with E-state index < -0.39 is 5.63 Å². The molecule has 1 N–H and O–H groups in total. The molecule has 0 bridgehead atoms. The number of thioether (sulfide) groups is 1. The molecule has 0 radical (unpaired) electrons. The van der Waals surface area contributed by atoms with Crippen LogP contribution in [0.1, 0.15) is 37.9 Å². The Morgan fingerprint density at radius 1 is 1.29 bits per heavy atom. The maximum atomic E-state index is 11.8. The van der Waals surface area contributed by atoms with E-state index >= 15 is 0 Å². The van der Waals surface area contributed by atoms with E-state index in [0.29, 0.717) is 17.8 Å². The quantitative estimate of drug-likeness (QED) is 0.563. The van der Waals surface area contributed by atoms with E-state index in [9.17, 15) is 9.90 Å². The fourth-order valence-electron chi connectivity index (χ4n) is 2.54. The van der Waals surface area contributed by atoms with E-state index in [-0.39, 0.29) is 11.8 Å². The Morgan fingerprint density at radius 3 is 2.79 bits per heavy atom. The van der Waals surface area contributed by atoms with E-state index in [2.05, 4.69) is 24.0 Å². The number of phenols is 1. The van der Waals surface area contributed by atoms with Gasteiger partial charge in [0.25, 0.3) is 0 Å². The van der Waals surface area contributed by atoms with E-state index in [4.69, 9.17) is 4.42 Å². The summed E-state index contributed by atoms with van der Waals surface area (Å²) in [4.78, 5) is 11.8. The summed E-state index contributed by atoms with van der Waals surface area (Å²) in [5.41, 5.74) is 1.66. The van der Waals surface area contributed by atoms with Gasteiger partial charge in [0.2, 0.25) is 0 Å². The SMILES string of the molecule is CCc1cc2c(CSc3nncn3C(C)C)cc(=O)oc2cc1O. The lowest BCUT2D eigenvalue weighted by Gasteiger charge is -2.11. The Bertz CT molecular complexity index is 930. The summed E-state index contributed by atoms with van der Waals surface area (Å²) in [7, 11) is 0. The molecule has 3 rings (SSSR count). The summed E-state index contributed by atoms with van der Waals surface area (Å²) in [5, 5.41) is 19.7. The number of rotatable bonds is 5. The first-order valence-corrected chi connectivity index (χ1v) is 8.79. The third kappa shape index (κ3) is 3.17. The van der Waals surface area contributed by atoms with Crippen molar-refractivity contribution in [3.05, 3.63) is 46.1 Å². The summed E-state index contributed by atoms with van der Waals surface area (Å²) >= 11 is 1.52. The van der Waals surface area contributed by atoms with Crippen LogP contribution in [0.15, 0.2) is 38.9 Å². The third-order valence-corrected chi connectivity index (χ3v) is 4.87. The van der Waals surface area contributed by atoms with Crippen LogP contribution in [0.25, 0.3) is 11.0 Å². The highest BCUT2D eigenvalue weighted by atomic mass is 32.2. The van der Waals surface area contributed by atoms with E-state index in [1.165, 1.54) is 23.9 Å². The Balaban J connectivity index is 1.99. The van der Waals surface area contributed by atoms with Crippen molar-refractivity contribution < 1.29 is 9.52 Å². The second-order valence-electron chi connectivity index (χ2n) is 5.82. The summed E-state index contributed by atoms with van der Waals surface area (Å²) < 4.78 is 7.21. The van der Waals surface area contributed by atoms with E-state index in [0.717, 1.165) is 21.7 Å². The predicted octanol–water partition coefficient (Wildman–Crippen LogP) is 3.53. The van der Waals surface area contributed by atoms with Crippen molar-refractivity contribution in [3.8, 4) is 5.75 Å². The third-order valence-electron chi connectivity index (χ3n) is 3.86. The molecule has 2 aromatic heterocycles. The fraction of sp³-hybridized carbons (Fsp3) is 0.353. The van der Waals surface area contributed by atoms with Gasteiger partial charge in [0.1, 0.15) is 17.7 Å². The van der Waals surface area contributed by atoms with Crippen LogP contribution in [0, 0.1) is 0 Å². The van der Waals surface area contributed by atoms with Gasteiger partial charge in [-0.3, -0.25) is 0 Å². The molecule has 3 aromatic rings. The smallest absolute Gasteiger partial charge is 0.336 e.